The van der Waals surface area contributed by atoms with Crippen LogP contribution in [0.5, 0.6) is 0 Å². The van der Waals surface area contributed by atoms with Crippen LogP contribution in [0.4, 0.5) is 0 Å². The smallest absolute Gasteiger partial charge is 0.333 e. The Balaban J connectivity index is 1.65. The zero-order valence-corrected chi connectivity index (χ0v) is 9.96. The van der Waals surface area contributed by atoms with Gasteiger partial charge in [-0.2, -0.15) is 0 Å². The second-order valence-electron chi connectivity index (χ2n) is 5.10. The lowest BCUT2D eigenvalue weighted by Gasteiger charge is -2.26. The number of carbonyl (C=O) groups excluding carboxylic acids is 1. The van der Waals surface area contributed by atoms with Crippen LogP contribution in [0.3, 0.4) is 0 Å². The van der Waals surface area contributed by atoms with E-state index in [1.807, 2.05) is 0 Å². The normalized spacial score (nSPS) is 31.7. The molecule has 2 saturated carbocycles. The lowest BCUT2D eigenvalue weighted by molar-refractivity contribution is -0.143. The average molecular weight is 224 g/mol. The van der Waals surface area contributed by atoms with Gasteiger partial charge in [0.1, 0.15) is 6.61 Å². The Morgan fingerprint density at radius 1 is 1.38 bits per heavy atom. The van der Waals surface area contributed by atoms with Gasteiger partial charge in [-0.3, -0.25) is 0 Å². The summed E-state index contributed by atoms with van der Waals surface area (Å²) in [6, 6.07) is 0. The first kappa shape index (κ1) is 11.6. The molecular weight excluding hydrogens is 204 g/mol. The minimum atomic E-state index is -0.322. The fourth-order valence-corrected chi connectivity index (χ4v) is 2.86. The zero-order chi connectivity index (χ0) is 11.6. The molecule has 0 aromatic heterocycles. The van der Waals surface area contributed by atoms with Gasteiger partial charge in [-0.05, 0) is 44.9 Å². The maximum atomic E-state index is 11.1. The number of rotatable bonds is 5. The summed E-state index contributed by atoms with van der Waals surface area (Å²) in [6.45, 7) is 6.05. The van der Waals surface area contributed by atoms with E-state index in [2.05, 4.69) is 6.58 Å². The molecule has 0 heterocycles. The van der Waals surface area contributed by atoms with Gasteiger partial charge >= 0.3 is 5.97 Å². The fourth-order valence-electron chi connectivity index (χ4n) is 2.86. The van der Waals surface area contributed by atoms with Crippen LogP contribution in [0.15, 0.2) is 12.2 Å². The van der Waals surface area contributed by atoms with Gasteiger partial charge in [0.2, 0.25) is 0 Å². The monoisotopic (exact) mass is 224 g/mol. The molecule has 0 radical (unpaired) electrons. The highest BCUT2D eigenvalue weighted by molar-refractivity contribution is 5.86. The molecule has 0 amide bonds. The van der Waals surface area contributed by atoms with E-state index in [-0.39, 0.29) is 11.6 Å². The molecule has 0 N–H and O–H groups in total. The van der Waals surface area contributed by atoms with Crippen molar-refractivity contribution in [3.8, 4) is 0 Å². The van der Waals surface area contributed by atoms with Crippen LogP contribution in [-0.2, 0) is 14.3 Å². The van der Waals surface area contributed by atoms with Gasteiger partial charge in [0, 0.05) is 5.57 Å². The summed E-state index contributed by atoms with van der Waals surface area (Å²) in [5.41, 5.74) is 0.570. The van der Waals surface area contributed by atoms with Crippen LogP contribution in [0.1, 0.15) is 39.0 Å². The van der Waals surface area contributed by atoms with Gasteiger partial charge in [0.25, 0.3) is 0 Å². The van der Waals surface area contributed by atoms with Crippen LogP contribution in [0.2, 0.25) is 0 Å². The predicted molar refractivity (Wildman–Crippen MR) is 61.0 cm³/mol. The highest BCUT2D eigenvalue weighted by Gasteiger charge is 2.45. The molecule has 0 unspecified atom stereocenters. The first-order chi connectivity index (χ1) is 7.61. The van der Waals surface area contributed by atoms with Gasteiger partial charge in [-0.25, -0.2) is 4.79 Å². The third-order valence-corrected chi connectivity index (χ3v) is 3.75. The molecule has 2 rings (SSSR count). The molecule has 0 aliphatic heterocycles. The van der Waals surface area contributed by atoms with Crippen LogP contribution in [0.25, 0.3) is 0 Å². The second-order valence-corrected chi connectivity index (χ2v) is 5.10. The molecule has 90 valence electrons. The Morgan fingerprint density at radius 3 is 2.56 bits per heavy atom. The molecular formula is C13H20O3. The van der Waals surface area contributed by atoms with E-state index in [9.17, 15) is 4.79 Å². The number of esters is 1. The van der Waals surface area contributed by atoms with Crippen molar-refractivity contribution in [3.05, 3.63) is 12.2 Å². The molecule has 16 heavy (non-hydrogen) atoms. The molecule has 0 aromatic rings. The quantitative estimate of drug-likeness (QED) is 0.409. The Bertz CT molecular complexity index is 288. The third-order valence-electron chi connectivity index (χ3n) is 3.75. The Kier molecular flexibility index (Phi) is 3.33. The molecule has 0 atom stereocenters. The number of hydrogen-bond donors (Lipinski definition) is 0. The van der Waals surface area contributed by atoms with Crippen LogP contribution in [-0.4, -0.2) is 24.8 Å². The largest absolute Gasteiger partial charge is 0.460 e. The molecule has 0 spiro atoms. The van der Waals surface area contributed by atoms with Crippen molar-refractivity contribution in [1.82, 2.24) is 0 Å². The molecule has 3 heteroatoms. The summed E-state index contributed by atoms with van der Waals surface area (Å²) < 4.78 is 10.9. The SMILES string of the molecule is C=C(C)C(=O)OCCOC12CCC(CC1)C2. The standard InChI is InChI=1S/C13H20O3/c1-10(2)12(14)15-7-8-16-13-5-3-11(9-13)4-6-13/h11H,1,3-9H2,2H3. The summed E-state index contributed by atoms with van der Waals surface area (Å²) in [7, 11) is 0. The van der Waals surface area contributed by atoms with Crippen LogP contribution < -0.4 is 0 Å². The molecule has 3 nitrogen and oxygen atoms in total. The van der Waals surface area contributed by atoms with Crippen LogP contribution >= 0.6 is 0 Å². The highest BCUT2D eigenvalue weighted by atomic mass is 16.6. The summed E-state index contributed by atoms with van der Waals surface area (Å²) in [6.07, 6.45) is 6.21. The van der Waals surface area contributed by atoms with E-state index in [0.29, 0.717) is 18.8 Å². The lowest BCUT2D eigenvalue weighted by atomic mass is 9.97. The summed E-state index contributed by atoms with van der Waals surface area (Å²) in [5.74, 6) is 0.565. The average Bonchev–Trinajstić information content (AvgIpc) is 2.84. The lowest BCUT2D eigenvalue weighted by Crippen LogP contribution is -2.28. The van der Waals surface area contributed by atoms with E-state index < -0.39 is 0 Å². The van der Waals surface area contributed by atoms with Crippen molar-refractivity contribution in [1.29, 1.82) is 0 Å². The second kappa shape index (κ2) is 4.58. The van der Waals surface area contributed by atoms with E-state index in [1.165, 1.54) is 32.1 Å². The van der Waals surface area contributed by atoms with Crippen molar-refractivity contribution in [3.63, 3.8) is 0 Å². The molecule has 2 fully saturated rings. The highest BCUT2D eigenvalue weighted by Crippen LogP contribution is 2.49. The molecule has 2 aliphatic rings. The summed E-state index contributed by atoms with van der Waals surface area (Å²) >= 11 is 0. The van der Waals surface area contributed by atoms with Gasteiger partial charge in [0.05, 0.1) is 12.2 Å². The first-order valence-corrected chi connectivity index (χ1v) is 6.08. The van der Waals surface area contributed by atoms with Crippen molar-refractivity contribution in [2.75, 3.05) is 13.2 Å². The van der Waals surface area contributed by atoms with E-state index in [4.69, 9.17) is 9.47 Å². The topological polar surface area (TPSA) is 35.5 Å². The van der Waals surface area contributed by atoms with E-state index >= 15 is 0 Å². The fraction of sp³-hybridized carbons (Fsp3) is 0.769. The van der Waals surface area contributed by atoms with Crippen molar-refractivity contribution in [2.24, 2.45) is 5.92 Å². The Labute approximate surface area is 96.8 Å². The number of fused-ring (bicyclic) bond motifs is 2. The first-order valence-electron chi connectivity index (χ1n) is 6.08. The molecule has 2 bridgehead atoms. The number of carbonyl (C=O) groups is 1. The van der Waals surface area contributed by atoms with Gasteiger partial charge < -0.3 is 9.47 Å². The number of hydrogen-bond acceptors (Lipinski definition) is 3. The summed E-state index contributed by atoms with van der Waals surface area (Å²) in [5, 5.41) is 0. The Morgan fingerprint density at radius 2 is 2.06 bits per heavy atom. The van der Waals surface area contributed by atoms with Crippen molar-refractivity contribution < 1.29 is 14.3 Å². The predicted octanol–water partition coefficient (Wildman–Crippen LogP) is 2.46. The Hall–Kier alpha value is -0.830. The summed E-state index contributed by atoms with van der Waals surface area (Å²) in [4.78, 5) is 11.1. The van der Waals surface area contributed by atoms with Gasteiger partial charge in [-0.15, -0.1) is 0 Å². The minimum absolute atomic E-state index is 0.125. The van der Waals surface area contributed by atoms with Gasteiger partial charge in [-0.1, -0.05) is 6.58 Å². The molecule has 2 aliphatic carbocycles. The van der Waals surface area contributed by atoms with E-state index in [1.54, 1.807) is 6.92 Å². The molecule has 0 aromatic carbocycles. The third kappa shape index (κ3) is 2.46. The van der Waals surface area contributed by atoms with E-state index in [0.717, 1.165) is 5.92 Å². The zero-order valence-electron chi connectivity index (χ0n) is 9.96. The molecule has 0 saturated heterocycles. The maximum Gasteiger partial charge on any atom is 0.333 e. The van der Waals surface area contributed by atoms with Crippen molar-refractivity contribution >= 4 is 5.97 Å². The van der Waals surface area contributed by atoms with Gasteiger partial charge in [0.15, 0.2) is 0 Å². The number of ether oxygens (including phenoxy) is 2. The van der Waals surface area contributed by atoms with Crippen molar-refractivity contribution in [2.45, 2.75) is 44.6 Å². The minimum Gasteiger partial charge on any atom is -0.460 e. The maximum absolute atomic E-state index is 11.1. The van der Waals surface area contributed by atoms with Crippen LogP contribution in [0, 0.1) is 5.92 Å².